The van der Waals surface area contributed by atoms with Crippen molar-refractivity contribution < 1.29 is 19.1 Å². The SMILES string of the molecule is CCC(C)(C)NC(=O)[C@@H]1N(CC(C)C)C(=O)[C@H]2[C@H](C(=O)NCc3cccs3)[C@H]3C=C[C@@]12O3. The van der Waals surface area contributed by atoms with Crippen molar-refractivity contribution in [3.8, 4) is 0 Å². The Hall–Kier alpha value is -2.19. The third-order valence-electron chi connectivity index (χ3n) is 6.85. The van der Waals surface area contributed by atoms with Gasteiger partial charge in [0.25, 0.3) is 0 Å². The second kappa shape index (κ2) is 8.30. The van der Waals surface area contributed by atoms with Gasteiger partial charge in [-0.05, 0) is 37.6 Å². The van der Waals surface area contributed by atoms with Gasteiger partial charge in [0, 0.05) is 17.0 Å². The summed E-state index contributed by atoms with van der Waals surface area (Å²) in [5.41, 5.74) is -1.51. The van der Waals surface area contributed by atoms with Crippen LogP contribution in [0.4, 0.5) is 0 Å². The fourth-order valence-electron chi connectivity index (χ4n) is 5.05. The van der Waals surface area contributed by atoms with E-state index in [4.69, 9.17) is 4.74 Å². The molecule has 0 aromatic carbocycles. The van der Waals surface area contributed by atoms with Gasteiger partial charge in [-0.1, -0.05) is 39.0 Å². The molecule has 4 rings (SSSR count). The van der Waals surface area contributed by atoms with Crippen molar-refractivity contribution in [3.05, 3.63) is 34.5 Å². The van der Waals surface area contributed by atoms with E-state index < -0.39 is 35.1 Å². The van der Waals surface area contributed by atoms with E-state index >= 15 is 0 Å². The number of thiophene rings is 1. The van der Waals surface area contributed by atoms with Crippen molar-refractivity contribution in [2.24, 2.45) is 17.8 Å². The van der Waals surface area contributed by atoms with Gasteiger partial charge >= 0.3 is 0 Å². The van der Waals surface area contributed by atoms with Crippen molar-refractivity contribution in [2.75, 3.05) is 6.54 Å². The predicted octanol–water partition coefficient (Wildman–Crippen LogP) is 2.48. The summed E-state index contributed by atoms with van der Waals surface area (Å²) in [7, 11) is 0. The van der Waals surface area contributed by atoms with Crippen LogP contribution in [0.15, 0.2) is 29.7 Å². The maximum atomic E-state index is 13.7. The van der Waals surface area contributed by atoms with Crippen molar-refractivity contribution in [2.45, 2.75) is 70.9 Å². The van der Waals surface area contributed by atoms with Crippen LogP contribution in [0.1, 0.15) is 45.9 Å². The molecule has 3 aliphatic rings. The Morgan fingerprint density at radius 2 is 2.06 bits per heavy atom. The minimum Gasteiger partial charge on any atom is -0.359 e. The first-order chi connectivity index (χ1) is 15.1. The highest BCUT2D eigenvalue weighted by Gasteiger charge is 2.72. The number of rotatable bonds is 8. The Morgan fingerprint density at radius 1 is 1.31 bits per heavy atom. The minimum atomic E-state index is -1.10. The van der Waals surface area contributed by atoms with Crippen LogP contribution < -0.4 is 10.6 Å². The van der Waals surface area contributed by atoms with Gasteiger partial charge in [-0.25, -0.2) is 0 Å². The first-order valence-electron chi connectivity index (χ1n) is 11.4. The second-order valence-corrected chi connectivity index (χ2v) is 11.1. The molecule has 8 heteroatoms. The standard InChI is InChI=1S/C24H33N3O4S/c1-6-23(4,5)26-21(29)19-24-10-9-16(31-24)17(18(24)22(30)27(19)13-14(2)3)20(28)25-12-15-8-7-11-32-15/h7-11,14,16-19H,6,12-13H2,1-5H3,(H,25,28)(H,26,29)/t16-,17-,18-,19+,24+/m1/s1. The lowest BCUT2D eigenvalue weighted by Crippen LogP contribution is -2.58. The highest BCUT2D eigenvalue weighted by Crippen LogP contribution is 2.55. The Balaban J connectivity index is 1.63. The Labute approximate surface area is 193 Å². The number of hydrogen-bond donors (Lipinski definition) is 2. The lowest BCUT2D eigenvalue weighted by Gasteiger charge is -2.35. The van der Waals surface area contributed by atoms with Gasteiger partial charge in [0.15, 0.2) is 0 Å². The summed E-state index contributed by atoms with van der Waals surface area (Å²) < 4.78 is 6.33. The van der Waals surface area contributed by atoms with E-state index in [0.29, 0.717) is 13.1 Å². The topological polar surface area (TPSA) is 87.7 Å². The highest BCUT2D eigenvalue weighted by atomic mass is 32.1. The summed E-state index contributed by atoms with van der Waals surface area (Å²) in [4.78, 5) is 43.1. The van der Waals surface area contributed by atoms with E-state index in [-0.39, 0.29) is 23.6 Å². The first-order valence-corrected chi connectivity index (χ1v) is 12.3. The van der Waals surface area contributed by atoms with Crippen molar-refractivity contribution in [1.29, 1.82) is 0 Å². The molecule has 0 aliphatic carbocycles. The smallest absolute Gasteiger partial charge is 0.246 e. The second-order valence-electron chi connectivity index (χ2n) is 10.1. The van der Waals surface area contributed by atoms with E-state index in [0.717, 1.165) is 11.3 Å². The number of fused-ring (bicyclic) bond motifs is 1. The molecule has 0 radical (unpaired) electrons. The lowest BCUT2D eigenvalue weighted by atomic mass is 9.74. The minimum absolute atomic E-state index is 0.170. The summed E-state index contributed by atoms with van der Waals surface area (Å²) in [6, 6.07) is 3.12. The van der Waals surface area contributed by atoms with Crippen LogP contribution in [0.5, 0.6) is 0 Å². The zero-order valence-corrected chi connectivity index (χ0v) is 20.2. The average Bonchev–Trinajstić information content (AvgIpc) is 3.48. The van der Waals surface area contributed by atoms with E-state index in [2.05, 4.69) is 10.6 Å². The van der Waals surface area contributed by atoms with E-state index in [1.54, 1.807) is 16.2 Å². The number of ether oxygens (including phenoxy) is 1. The highest BCUT2D eigenvalue weighted by molar-refractivity contribution is 7.09. The van der Waals surface area contributed by atoms with Crippen LogP contribution in [0.25, 0.3) is 0 Å². The molecule has 2 N–H and O–H groups in total. The van der Waals surface area contributed by atoms with Crippen LogP contribution >= 0.6 is 11.3 Å². The molecule has 3 amide bonds. The van der Waals surface area contributed by atoms with Gasteiger partial charge in [0.1, 0.15) is 11.6 Å². The van der Waals surface area contributed by atoms with E-state index in [9.17, 15) is 14.4 Å². The van der Waals surface area contributed by atoms with Crippen molar-refractivity contribution >= 4 is 29.1 Å². The normalized spacial score (nSPS) is 30.8. The van der Waals surface area contributed by atoms with Gasteiger partial charge in [0.2, 0.25) is 17.7 Å². The van der Waals surface area contributed by atoms with Gasteiger partial charge in [0.05, 0.1) is 24.5 Å². The molecule has 0 saturated carbocycles. The van der Waals surface area contributed by atoms with Crippen LogP contribution in [0.2, 0.25) is 0 Å². The number of nitrogens with one attached hydrogen (secondary N) is 2. The van der Waals surface area contributed by atoms with Gasteiger partial charge in [-0.15, -0.1) is 11.3 Å². The molecule has 5 atom stereocenters. The van der Waals surface area contributed by atoms with Crippen molar-refractivity contribution in [1.82, 2.24) is 15.5 Å². The number of nitrogens with zero attached hydrogens (tertiary/aromatic N) is 1. The molecular formula is C24H33N3O4S. The monoisotopic (exact) mass is 459 g/mol. The van der Waals surface area contributed by atoms with E-state index in [1.165, 1.54) is 0 Å². The Morgan fingerprint density at radius 3 is 2.69 bits per heavy atom. The number of carbonyl (C=O) groups excluding carboxylic acids is 3. The molecule has 1 aromatic rings. The maximum Gasteiger partial charge on any atom is 0.246 e. The zero-order chi connectivity index (χ0) is 23.3. The molecule has 174 valence electrons. The van der Waals surface area contributed by atoms with Crippen molar-refractivity contribution in [3.63, 3.8) is 0 Å². The molecule has 32 heavy (non-hydrogen) atoms. The number of hydrogen-bond acceptors (Lipinski definition) is 5. The Bertz CT molecular complexity index is 926. The molecule has 1 spiro atoms. The van der Waals surface area contributed by atoms with Crippen LogP contribution in [-0.4, -0.2) is 52.5 Å². The van der Waals surface area contributed by atoms with Gasteiger partial charge in [-0.2, -0.15) is 0 Å². The lowest BCUT2D eigenvalue weighted by molar-refractivity contribution is -0.142. The van der Waals surface area contributed by atoms with E-state index in [1.807, 2.05) is 64.3 Å². The number of carbonyl (C=O) groups is 3. The number of amides is 3. The Kier molecular flexibility index (Phi) is 5.96. The molecule has 0 unspecified atom stereocenters. The summed E-state index contributed by atoms with van der Waals surface area (Å²) in [6.45, 7) is 10.8. The largest absolute Gasteiger partial charge is 0.359 e. The summed E-state index contributed by atoms with van der Waals surface area (Å²) in [5.74, 6) is -1.75. The fourth-order valence-corrected chi connectivity index (χ4v) is 5.70. The van der Waals surface area contributed by atoms with Gasteiger partial charge in [-0.3, -0.25) is 14.4 Å². The van der Waals surface area contributed by atoms with Crippen LogP contribution in [-0.2, 0) is 25.7 Å². The molecule has 4 heterocycles. The van der Waals surface area contributed by atoms with Gasteiger partial charge < -0.3 is 20.3 Å². The molecule has 7 nitrogen and oxygen atoms in total. The molecular weight excluding hydrogens is 426 g/mol. The average molecular weight is 460 g/mol. The predicted molar refractivity (Wildman–Crippen MR) is 123 cm³/mol. The quantitative estimate of drug-likeness (QED) is 0.585. The summed E-state index contributed by atoms with van der Waals surface area (Å²) >= 11 is 1.57. The molecule has 2 fully saturated rings. The first kappa shape index (κ1) is 23.0. The van der Waals surface area contributed by atoms with Crippen LogP contribution in [0, 0.1) is 17.8 Å². The molecule has 3 aliphatic heterocycles. The van der Waals surface area contributed by atoms with Crippen LogP contribution in [0.3, 0.4) is 0 Å². The number of likely N-dealkylation sites (tertiary alicyclic amines) is 1. The molecule has 2 bridgehead atoms. The zero-order valence-electron chi connectivity index (χ0n) is 19.4. The maximum absolute atomic E-state index is 13.7. The summed E-state index contributed by atoms with van der Waals surface area (Å²) in [5, 5.41) is 8.04. The molecule has 2 saturated heterocycles. The third kappa shape index (κ3) is 3.77. The summed E-state index contributed by atoms with van der Waals surface area (Å²) in [6.07, 6.45) is 3.96. The fraction of sp³-hybridized carbons (Fsp3) is 0.625. The molecule has 1 aromatic heterocycles. The third-order valence-corrected chi connectivity index (χ3v) is 7.73.